The molecule has 2 fully saturated rings. The van der Waals surface area contributed by atoms with Gasteiger partial charge in [0, 0.05) is 0 Å². The van der Waals surface area contributed by atoms with Crippen LogP contribution in [-0.2, 0) is 19.1 Å². The standard InChI is InChI=1S/C14H22O4/c1-17-12(15)10-6-8-14(13(16)18-2)7-4-3-5-11(14)9-10/h10-11H,3-9H2,1-2H3. The van der Waals surface area contributed by atoms with Gasteiger partial charge in [-0.1, -0.05) is 12.8 Å². The van der Waals surface area contributed by atoms with E-state index in [1.165, 1.54) is 14.2 Å². The van der Waals surface area contributed by atoms with E-state index in [9.17, 15) is 9.59 Å². The molecule has 0 heterocycles. The zero-order chi connectivity index (χ0) is 13.2. The molecule has 2 saturated carbocycles. The molecule has 3 atom stereocenters. The van der Waals surface area contributed by atoms with Crippen molar-refractivity contribution in [1.82, 2.24) is 0 Å². The van der Waals surface area contributed by atoms with Gasteiger partial charge in [0.05, 0.1) is 25.6 Å². The predicted molar refractivity (Wildman–Crippen MR) is 65.8 cm³/mol. The summed E-state index contributed by atoms with van der Waals surface area (Å²) >= 11 is 0. The number of fused-ring (bicyclic) bond motifs is 1. The molecule has 2 aliphatic rings. The van der Waals surface area contributed by atoms with Crippen molar-refractivity contribution >= 4 is 11.9 Å². The van der Waals surface area contributed by atoms with Crippen molar-refractivity contribution in [3.63, 3.8) is 0 Å². The van der Waals surface area contributed by atoms with Gasteiger partial charge in [0.25, 0.3) is 0 Å². The van der Waals surface area contributed by atoms with E-state index in [4.69, 9.17) is 9.47 Å². The van der Waals surface area contributed by atoms with Crippen molar-refractivity contribution in [2.45, 2.75) is 44.9 Å². The Labute approximate surface area is 108 Å². The molecule has 3 unspecified atom stereocenters. The van der Waals surface area contributed by atoms with Crippen molar-refractivity contribution in [2.24, 2.45) is 17.3 Å². The summed E-state index contributed by atoms with van der Waals surface area (Å²) in [5.41, 5.74) is -0.322. The van der Waals surface area contributed by atoms with Gasteiger partial charge < -0.3 is 9.47 Å². The molecule has 4 heteroatoms. The molecule has 4 nitrogen and oxygen atoms in total. The minimum atomic E-state index is -0.322. The highest BCUT2D eigenvalue weighted by Gasteiger charge is 2.51. The van der Waals surface area contributed by atoms with Gasteiger partial charge in [-0.05, 0) is 38.0 Å². The first-order valence-electron chi connectivity index (χ1n) is 6.80. The topological polar surface area (TPSA) is 52.6 Å². The van der Waals surface area contributed by atoms with E-state index in [0.29, 0.717) is 0 Å². The van der Waals surface area contributed by atoms with E-state index in [0.717, 1.165) is 44.9 Å². The first kappa shape index (κ1) is 13.4. The zero-order valence-electron chi connectivity index (χ0n) is 11.2. The fourth-order valence-electron chi connectivity index (χ4n) is 3.83. The van der Waals surface area contributed by atoms with Gasteiger partial charge in [0.1, 0.15) is 0 Å². The summed E-state index contributed by atoms with van der Waals surface area (Å²) < 4.78 is 9.85. The number of hydrogen-bond acceptors (Lipinski definition) is 4. The molecule has 0 aromatic carbocycles. The first-order valence-corrected chi connectivity index (χ1v) is 6.80. The maximum atomic E-state index is 12.1. The molecule has 0 saturated heterocycles. The van der Waals surface area contributed by atoms with Gasteiger partial charge >= 0.3 is 11.9 Å². The number of methoxy groups -OCH3 is 2. The van der Waals surface area contributed by atoms with Crippen LogP contribution in [0, 0.1) is 17.3 Å². The summed E-state index contributed by atoms with van der Waals surface area (Å²) in [6.45, 7) is 0. The number of esters is 2. The van der Waals surface area contributed by atoms with Crippen LogP contribution in [0.5, 0.6) is 0 Å². The fraction of sp³-hybridized carbons (Fsp3) is 0.857. The monoisotopic (exact) mass is 254 g/mol. The van der Waals surface area contributed by atoms with Crippen molar-refractivity contribution in [3.05, 3.63) is 0 Å². The number of carbonyl (C=O) groups excluding carboxylic acids is 2. The highest BCUT2D eigenvalue weighted by Crippen LogP contribution is 2.52. The maximum absolute atomic E-state index is 12.1. The summed E-state index contributed by atoms with van der Waals surface area (Å²) in [5, 5.41) is 0. The summed E-state index contributed by atoms with van der Waals surface area (Å²) in [6.07, 6.45) is 6.48. The van der Waals surface area contributed by atoms with E-state index in [1.807, 2.05) is 0 Å². The van der Waals surface area contributed by atoms with Gasteiger partial charge in [-0.2, -0.15) is 0 Å². The third-order valence-electron chi connectivity index (χ3n) is 4.84. The van der Waals surface area contributed by atoms with Gasteiger partial charge in [-0.25, -0.2) is 0 Å². The van der Waals surface area contributed by atoms with E-state index >= 15 is 0 Å². The Morgan fingerprint density at radius 3 is 2.50 bits per heavy atom. The molecule has 0 radical (unpaired) electrons. The average molecular weight is 254 g/mol. The minimum absolute atomic E-state index is 0.0316. The number of carbonyl (C=O) groups is 2. The molecule has 2 rings (SSSR count). The number of rotatable bonds is 2. The van der Waals surface area contributed by atoms with Crippen LogP contribution in [0.4, 0.5) is 0 Å². The molecule has 0 aliphatic heterocycles. The number of ether oxygens (including phenoxy) is 2. The SMILES string of the molecule is COC(=O)C1CCC2(C(=O)OC)CCCCC2C1. The average Bonchev–Trinajstić information content (AvgIpc) is 2.44. The van der Waals surface area contributed by atoms with Crippen molar-refractivity contribution in [1.29, 1.82) is 0 Å². The largest absolute Gasteiger partial charge is 0.469 e. The summed E-state index contributed by atoms with van der Waals surface area (Å²) in [4.78, 5) is 23.8. The van der Waals surface area contributed by atoms with Gasteiger partial charge in [0.2, 0.25) is 0 Å². The summed E-state index contributed by atoms with van der Waals surface area (Å²) in [6, 6.07) is 0. The smallest absolute Gasteiger partial charge is 0.312 e. The lowest BCUT2D eigenvalue weighted by atomic mass is 9.57. The third kappa shape index (κ3) is 2.13. The van der Waals surface area contributed by atoms with E-state index in [2.05, 4.69) is 0 Å². The van der Waals surface area contributed by atoms with Crippen molar-refractivity contribution in [2.75, 3.05) is 14.2 Å². The molecule has 0 amide bonds. The zero-order valence-corrected chi connectivity index (χ0v) is 11.2. The van der Waals surface area contributed by atoms with Crippen LogP contribution >= 0.6 is 0 Å². The molecule has 2 aliphatic carbocycles. The summed E-state index contributed by atoms with van der Waals surface area (Å²) in [7, 11) is 2.90. The van der Waals surface area contributed by atoms with Crippen LogP contribution in [0.15, 0.2) is 0 Å². The van der Waals surface area contributed by atoms with Crippen LogP contribution in [0.3, 0.4) is 0 Å². The Morgan fingerprint density at radius 2 is 1.83 bits per heavy atom. The quantitative estimate of drug-likeness (QED) is 0.710. The van der Waals surface area contributed by atoms with Crippen molar-refractivity contribution in [3.8, 4) is 0 Å². The van der Waals surface area contributed by atoms with E-state index in [-0.39, 0.29) is 29.2 Å². The van der Waals surface area contributed by atoms with Crippen LogP contribution in [0.25, 0.3) is 0 Å². The van der Waals surface area contributed by atoms with Crippen LogP contribution < -0.4 is 0 Å². The lowest BCUT2D eigenvalue weighted by Crippen LogP contribution is -2.47. The molecule has 0 aromatic heterocycles. The third-order valence-corrected chi connectivity index (χ3v) is 4.84. The second-order valence-electron chi connectivity index (χ2n) is 5.58. The molecule has 18 heavy (non-hydrogen) atoms. The molecule has 0 bridgehead atoms. The first-order chi connectivity index (χ1) is 8.64. The second-order valence-corrected chi connectivity index (χ2v) is 5.58. The molecule has 0 N–H and O–H groups in total. The Kier molecular flexibility index (Phi) is 3.93. The van der Waals surface area contributed by atoms with E-state index in [1.54, 1.807) is 0 Å². The molecule has 102 valence electrons. The molecular formula is C14H22O4. The fourth-order valence-corrected chi connectivity index (χ4v) is 3.83. The van der Waals surface area contributed by atoms with Gasteiger partial charge in [-0.3, -0.25) is 9.59 Å². The highest BCUT2D eigenvalue weighted by atomic mass is 16.5. The van der Waals surface area contributed by atoms with Crippen LogP contribution in [-0.4, -0.2) is 26.2 Å². The molecule has 0 aromatic rings. The maximum Gasteiger partial charge on any atom is 0.312 e. The number of hydrogen-bond donors (Lipinski definition) is 0. The highest BCUT2D eigenvalue weighted by molar-refractivity contribution is 5.78. The summed E-state index contributed by atoms with van der Waals surface area (Å²) in [5.74, 6) is 0.0574. The van der Waals surface area contributed by atoms with Gasteiger partial charge in [0.15, 0.2) is 0 Å². The lowest BCUT2D eigenvalue weighted by Gasteiger charge is -2.46. The Balaban J connectivity index is 2.15. The Bertz CT molecular complexity index is 339. The predicted octanol–water partition coefficient (Wildman–Crippen LogP) is 2.31. The second kappa shape index (κ2) is 5.29. The Hall–Kier alpha value is -1.06. The Morgan fingerprint density at radius 1 is 1.06 bits per heavy atom. The minimum Gasteiger partial charge on any atom is -0.469 e. The van der Waals surface area contributed by atoms with E-state index < -0.39 is 0 Å². The van der Waals surface area contributed by atoms with Gasteiger partial charge in [-0.15, -0.1) is 0 Å². The van der Waals surface area contributed by atoms with Crippen LogP contribution in [0.1, 0.15) is 44.9 Å². The molecule has 0 spiro atoms. The van der Waals surface area contributed by atoms with Crippen LogP contribution in [0.2, 0.25) is 0 Å². The lowest BCUT2D eigenvalue weighted by molar-refractivity contribution is -0.167. The molecular weight excluding hydrogens is 232 g/mol. The normalized spacial score (nSPS) is 35.4. The van der Waals surface area contributed by atoms with Crippen molar-refractivity contribution < 1.29 is 19.1 Å².